The van der Waals surface area contributed by atoms with Gasteiger partial charge in [-0.3, -0.25) is 0 Å². The van der Waals surface area contributed by atoms with Gasteiger partial charge in [0.25, 0.3) is 0 Å². The minimum absolute atomic E-state index is 0.0579. The fourth-order valence-electron chi connectivity index (χ4n) is 2.79. The first-order chi connectivity index (χ1) is 14.3. The molecule has 1 unspecified atom stereocenters. The Morgan fingerprint density at radius 3 is 2.03 bits per heavy atom. The maximum atomic E-state index is 13.2. The molecule has 0 spiro atoms. The molecule has 0 amide bonds. The van der Waals surface area contributed by atoms with E-state index < -0.39 is 24.2 Å². The zero-order valence-corrected chi connectivity index (χ0v) is 16.8. The molecule has 2 aromatic rings. The number of esters is 2. The lowest BCUT2D eigenvalue weighted by molar-refractivity contribution is -0.206. The normalized spacial score (nSPS) is 12.3. The molecule has 0 aliphatic rings. The van der Waals surface area contributed by atoms with Crippen LogP contribution in [-0.2, 0) is 16.1 Å². The number of halogens is 3. The maximum Gasteiger partial charge on any atom is 0.425 e. The molecule has 0 saturated heterocycles. The Bertz CT molecular complexity index is 801. The number of hydrogen-bond acceptors (Lipinski definition) is 4. The monoisotopic (exact) mass is 422 g/mol. The number of carbonyl (C=O) groups is 2. The van der Waals surface area contributed by atoms with Gasteiger partial charge in [-0.25, -0.2) is 9.59 Å². The van der Waals surface area contributed by atoms with Gasteiger partial charge in [-0.15, -0.1) is 0 Å². The third kappa shape index (κ3) is 7.54. The van der Waals surface area contributed by atoms with Crippen LogP contribution in [-0.4, -0.2) is 24.2 Å². The van der Waals surface area contributed by atoms with Crippen LogP contribution in [0.5, 0.6) is 0 Å². The molecule has 2 aromatic carbocycles. The summed E-state index contributed by atoms with van der Waals surface area (Å²) in [6.07, 6.45) is -4.31. The summed E-state index contributed by atoms with van der Waals surface area (Å²) in [7, 11) is 0. The smallest absolute Gasteiger partial charge is 0.425 e. The van der Waals surface area contributed by atoms with Crippen molar-refractivity contribution >= 4 is 11.9 Å². The SMILES string of the molecule is CCCCCCC(OC(=O)c1ccc(C(=O)OCc2ccccc2)cc1)C(F)(F)F. The molecule has 162 valence electrons. The molecular weight excluding hydrogens is 397 g/mol. The first-order valence-corrected chi connectivity index (χ1v) is 9.90. The van der Waals surface area contributed by atoms with Crippen molar-refractivity contribution in [1.82, 2.24) is 0 Å². The van der Waals surface area contributed by atoms with Crippen molar-refractivity contribution < 1.29 is 32.2 Å². The van der Waals surface area contributed by atoms with Gasteiger partial charge in [-0.2, -0.15) is 13.2 Å². The van der Waals surface area contributed by atoms with E-state index in [1.54, 1.807) is 0 Å². The minimum atomic E-state index is -4.62. The molecule has 0 radical (unpaired) electrons. The molecule has 0 aliphatic heterocycles. The van der Waals surface area contributed by atoms with Crippen molar-refractivity contribution in [2.24, 2.45) is 0 Å². The summed E-state index contributed by atoms with van der Waals surface area (Å²) in [6, 6.07) is 14.3. The molecule has 0 heterocycles. The van der Waals surface area contributed by atoms with Gasteiger partial charge in [0, 0.05) is 0 Å². The fourth-order valence-corrected chi connectivity index (χ4v) is 2.79. The second-order valence-corrected chi connectivity index (χ2v) is 6.92. The quantitative estimate of drug-likeness (QED) is 0.343. The Balaban J connectivity index is 1.93. The van der Waals surface area contributed by atoms with Crippen LogP contribution in [0.4, 0.5) is 13.2 Å². The highest BCUT2D eigenvalue weighted by Gasteiger charge is 2.42. The van der Waals surface area contributed by atoms with E-state index in [2.05, 4.69) is 0 Å². The Morgan fingerprint density at radius 2 is 1.47 bits per heavy atom. The van der Waals surface area contributed by atoms with E-state index in [9.17, 15) is 22.8 Å². The summed E-state index contributed by atoms with van der Waals surface area (Å²) in [5.74, 6) is -1.67. The Morgan fingerprint density at radius 1 is 0.867 bits per heavy atom. The third-order valence-electron chi connectivity index (χ3n) is 4.50. The average Bonchev–Trinajstić information content (AvgIpc) is 2.74. The standard InChI is InChI=1S/C23H25F3O4/c1-2-3-4-8-11-20(23(24,25)26)30-22(28)19-14-12-18(13-15-19)21(27)29-16-17-9-6-5-7-10-17/h5-7,9-10,12-15,20H,2-4,8,11,16H2,1H3. The zero-order valence-electron chi connectivity index (χ0n) is 16.8. The Hall–Kier alpha value is -2.83. The molecule has 4 nitrogen and oxygen atoms in total. The molecular formula is C23H25F3O4. The van der Waals surface area contributed by atoms with Crippen LogP contribution in [0.2, 0.25) is 0 Å². The van der Waals surface area contributed by atoms with E-state index in [4.69, 9.17) is 9.47 Å². The van der Waals surface area contributed by atoms with Crippen LogP contribution in [0.15, 0.2) is 54.6 Å². The lowest BCUT2D eigenvalue weighted by Gasteiger charge is -2.20. The van der Waals surface area contributed by atoms with Crippen molar-refractivity contribution in [2.45, 2.75) is 57.9 Å². The van der Waals surface area contributed by atoms with Crippen LogP contribution >= 0.6 is 0 Å². The van der Waals surface area contributed by atoms with Gasteiger partial charge in [-0.05, 0) is 42.7 Å². The Kier molecular flexibility index (Phi) is 8.89. The van der Waals surface area contributed by atoms with E-state index in [1.807, 2.05) is 37.3 Å². The largest absolute Gasteiger partial charge is 0.457 e. The summed E-state index contributed by atoms with van der Waals surface area (Å²) in [5, 5.41) is 0. The molecule has 0 fully saturated rings. The van der Waals surface area contributed by atoms with Crippen LogP contribution in [0.1, 0.15) is 65.3 Å². The summed E-state index contributed by atoms with van der Waals surface area (Å²) in [5.41, 5.74) is 0.954. The van der Waals surface area contributed by atoms with Gasteiger partial charge in [0.2, 0.25) is 0 Å². The van der Waals surface area contributed by atoms with Crippen LogP contribution in [0.3, 0.4) is 0 Å². The van der Waals surface area contributed by atoms with Gasteiger partial charge in [-0.1, -0.05) is 56.5 Å². The fraction of sp³-hybridized carbons (Fsp3) is 0.391. The predicted molar refractivity (Wildman–Crippen MR) is 106 cm³/mol. The Labute approximate surface area is 174 Å². The molecule has 30 heavy (non-hydrogen) atoms. The van der Waals surface area contributed by atoms with Crippen molar-refractivity contribution in [1.29, 1.82) is 0 Å². The van der Waals surface area contributed by atoms with Crippen molar-refractivity contribution in [2.75, 3.05) is 0 Å². The molecule has 0 N–H and O–H groups in total. The predicted octanol–water partition coefficient (Wildman–Crippen LogP) is 6.10. The lowest BCUT2D eigenvalue weighted by Crippen LogP contribution is -2.33. The van der Waals surface area contributed by atoms with Crippen LogP contribution in [0.25, 0.3) is 0 Å². The average molecular weight is 422 g/mol. The molecule has 2 rings (SSSR count). The molecule has 0 aromatic heterocycles. The van der Waals surface area contributed by atoms with Gasteiger partial charge in [0.05, 0.1) is 11.1 Å². The second-order valence-electron chi connectivity index (χ2n) is 6.92. The summed E-state index contributed by atoms with van der Waals surface area (Å²) in [4.78, 5) is 24.2. The second kappa shape index (κ2) is 11.4. The highest BCUT2D eigenvalue weighted by Crippen LogP contribution is 2.28. The lowest BCUT2D eigenvalue weighted by atomic mass is 10.1. The van der Waals surface area contributed by atoms with E-state index in [0.29, 0.717) is 12.8 Å². The molecule has 1 atom stereocenters. The highest BCUT2D eigenvalue weighted by molar-refractivity contribution is 5.93. The van der Waals surface area contributed by atoms with E-state index in [1.165, 1.54) is 24.3 Å². The number of rotatable bonds is 10. The van der Waals surface area contributed by atoms with Gasteiger partial charge >= 0.3 is 18.1 Å². The van der Waals surface area contributed by atoms with E-state index in [-0.39, 0.29) is 24.2 Å². The van der Waals surface area contributed by atoms with E-state index >= 15 is 0 Å². The minimum Gasteiger partial charge on any atom is -0.457 e. The number of unbranched alkanes of at least 4 members (excludes halogenated alkanes) is 3. The third-order valence-corrected chi connectivity index (χ3v) is 4.50. The first-order valence-electron chi connectivity index (χ1n) is 9.90. The summed E-state index contributed by atoms with van der Waals surface area (Å²) < 4.78 is 49.4. The van der Waals surface area contributed by atoms with Gasteiger partial charge in [0.1, 0.15) is 6.61 Å². The van der Waals surface area contributed by atoms with E-state index in [0.717, 1.165) is 18.4 Å². The summed E-state index contributed by atoms with van der Waals surface area (Å²) >= 11 is 0. The van der Waals surface area contributed by atoms with Gasteiger partial charge in [0.15, 0.2) is 6.10 Å². The van der Waals surface area contributed by atoms with Crippen molar-refractivity contribution in [3.8, 4) is 0 Å². The zero-order chi connectivity index (χ0) is 22.0. The molecule has 0 aliphatic carbocycles. The van der Waals surface area contributed by atoms with Gasteiger partial charge < -0.3 is 9.47 Å². The topological polar surface area (TPSA) is 52.6 Å². The number of benzene rings is 2. The maximum absolute atomic E-state index is 13.2. The van der Waals surface area contributed by atoms with Crippen LogP contribution in [0, 0.1) is 0 Å². The number of ether oxygens (including phenoxy) is 2. The molecule has 0 saturated carbocycles. The summed E-state index contributed by atoms with van der Waals surface area (Å²) in [6.45, 7) is 2.05. The first kappa shape index (κ1) is 23.4. The molecule has 0 bridgehead atoms. The highest BCUT2D eigenvalue weighted by atomic mass is 19.4. The number of hydrogen-bond donors (Lipinski definition) is 0. The molecule has 7 heteroatoms. The number of alkyl halides is 3. The number of carbonyl (C=O) groups excluding carboxylic acids is 2. The van der Waals surface area contributed by atoms with Crippen LogP contribution < -0.4 is 0 Å². The van der Waals surface area contributed by atoms with Crippen molar-refractivity contribution in [3.63, 3.8) is 0 Å². The van der Waals surface area contributed by atoms with Crippen molar-refractivity contribution in [3.05, 3.63) is 71.3 Å².